The average Bonchev–Trinajstić information content (AvgIpc) is 2.60. The molecule has 4 nitrogen and oxygen atoms in total. The Hall–Kier alpha value is -2.14. The zero-order valence-electron chi connectivity index (χ0n) is 13.7. The number of hydrogen-bond donors (Lipinski definition) is 1. The summed E-state index contributed by atoms with van der Waals surface area (Å²) in [5, 5.41) is 2.96. The molecule has 2 aromatic carbocycles. The predicted octanol–water partition coefficient (Wildman–Crippen LogP) is 3.22. The van der Waals surface area contributed by atoms with Crippen molar-refractivity contribution in [3.05, 3.63) is 53.6 Å². The van der Waals surface area contributed by atoms with Crippen LogP contribution in [0.15, 0.2) is 47.4 Å². The number of benzene rings is 2. The molecule has 0 saturated carbocycles. The first-order valence-electron chi connectivity index (χ1n) is 8.05. The molecule has 0 atom stereocenters. The van der Waals surface area contributed by atoms with E-state index in [1.54, 1.807) is 11.8 Å². The van der Waals surface area contributed by atoms with Gasteiger partial charge in [-0.1, -0.05) is 23.8 Å². The number of aryl methyl sites for hydroxylation is 1. The van der Waals surface area contributed by atoms with Crippen molar-refractivity contribution in [3.63, 3.8) is 0 Å². The van der Waals surface area contributed by atoms with Gasteiger partial charge < -0.3 is 14.8 Å². The average molecular weight is 343 g/mol. The first kappa shape index (κ1) is 16.7. The molecule has 0 fully saturated rings. The van der Waals surface area contributed by atoms with Gasteiger partial charge in [0, 0.05) is 17.2 Å². The highest BCUT2D eigenvalue weighted by molar-refractivity contribution is 7.99. The first-order valence-corrected chi connectivity index (χ1v) is 9.04. The molecule has 24 heavy (non-hydrogen) atoms. The van der Waals surface area contributed by atoms with Crippen LogP contribution in [0.2, 0.25) is 0 Å². The van der Waals surface area contributed by atoms with Gasteiger partial charge in [-0.3, -0.25) is 4.79 Å². The van der Waals surface area contributed by atoms with Crippen LogP contribution in [0.5, 0.6) is 11.5 Å². The number of amides is 1. The molecule has 0 bridgehead atoms. The highest BCUT2D eigenvalue weighted by Gasteiger charge is 2.13. The summed E-state index contributed by atoms with van der Waals surface area (Å²) in [5.41, 5.74) is 2.19. The molecule has 1 amide bonds. The minimum Gasteiger partial charge on any atom is -0.486 e. The summed E-state index contributed by atoms with van der Waals surface area (Å²) < 4.78 is 11.0. The Bertz CT molecular complexity index is 700. The Labute approximate surface area is 146 Å². The number of nitrogens with one attached hydrogen (secondary N) is 1. The first-order chi connectivity index (χ1) is 11.7. The lowest BCUT2D eigenvalue weighted by Gasteiger charge is -2.18. The van der Waals surface area contributed by atoms with Crippen LogP contribution >= 0.6 is 11.8 Å². The molecule has 1 aliphatic rings. The van der Waals surface area contributed by atoms with E-state index in [0.717, 1.165) is 22.8 Å². The summed E-state index contributed by atoms with van der Waals surface area (Å²) >= 11 is 1.74. The van der Waals surface area contributed by atoms with E-state index in [9.17, 15) is 4.79 Å². The highest BCUT2D eigenvalue weighted by atomic mass is 32.2. The van der Waals surface area contributed by atoms with Gasteiger partial charge in [0.05, 0.1) is 6.42 Å². The SMILES string of the molecule is Cc1ccc(SCCNC(=O)Cc2ccc3c(c2)OCCO3)cc1. The molecular formula is C19H21NO3S. The van der Waals surface area contributed by atoms with E-state index in [4.69, 9.17) is 9.47 Å². The number of carbonyl (C=O) groups excluding carboxylic acids is 1. The van der Waals surface area contributed by atoms with Crippen molar-refractivity contribution in [3.8, 4) is 11.5 Å². The Morgan fingerprint density at radius 3 is 2.62 bits per heavy atom. The van der Waals surface area contributed by atoms with Crippen LogP contribution in [0.1, 0.15) is 11.1 Å². The Kier molecular flexibility index (Phi) is 5.64. The van der Waals surface area contributed by atoms with Gasteiger partial charge in [0.15, 0.2) is 11.5 Å². The third-order valence-corrected chi connectivity index (χ3v) is 4.70. The lowest BCUT2D eigenvalue weighted by atomic mass is 10.1. The third-order valence-electron chi connectivity index (χ3n) is 3.69. The number of ether oxygens (including phenoxy) is 2. The van der Waals surface area contributed by atoms with Crippen molar-refractivity contribution in [1.82, 2.24) is 5.32 Å². The Morgan fingerprint density at radius 1 is 1.08 bits per heavy atom. The van der Waals surface area contributed by atoms with Gasteiger partial charge in [-0.2, -0.15) is 0 Å². The van der Waals surface area contributed by atoms with Gasteiger partial charge in [-0.05, 0) is 36.8 Å². The van der Waals surface area contributed by atoms with E-state index in [0.29, 0.717) is 26.2 Å². The molecule has 0 aliphatic carbocycles. The standard InChI is InChI=1S/C19H21NO3S/c1-14-2-5-16(6-3-14)24-11-8-20-19(21)13-15-4-7-17-18(12-15)23-10-9-22-17/h2-7,12H,8-11,13H2,1H3,(H,20,21). The van der Waals surface area contributed by atoms with Crippen molar-refractivity contribution in [2.75, 3.05) is 25.5 Å². The molecule has 0 saturated heterocycles. The molecule has 0 spiro atoms. The summed E-state index contributed by atoms with van der Waals surface area (Å²) in [7, 11) is 0. The lowest BCUT2D eigenvalue weighted by molar-refractivity contribution is -0.120. The van der Waals surface area contributed by atoms with E-state index >= 15 is 0 Å². The van der Waals surface area contributed by atoms with Gasteiger partial charge in [-0.15, -0.1) is 11.8 Å². The Balaban J connectivity index is 1.41. The summed E-state index contributed by atoms with van der Waals surface area (Å²) in [6.45, 7) is 3.86. The topological polar surface area (TPSA) is 47.6 Å². The zero-order valence-corrected chi connectivity index (χ0v) is 14.5. The Morgan fingerprint density at radius 2 is 1.83 bits per heavy atom. The quantitative estimate of drug-likeness (QED) is 0.646. The monoisotopic (exact) mass is 343 g/mol. The number of thioether (sulfide) groups is 1. The minimum atomic E-state index is 0.0242. The third kappa shape index (κ3) is 4.68. The number of fused-ring (bicyclic) bond motifs is 1. The lowest BCUT2D eigenvalue weighted by Crippen LogP contribution is -2.27. The van der Waals surface area contributed by atoms with E-state index < -0.39 is 0 Å². The van der Waals surface area contributed by atoms with Crippen LogP contribution in [0, 0.1) is 6.92 Å². The fourth-order valence-electron chi connectivity index (χ4n) is 2.44. The minimum absolute atomic E-state index is 0.0242. The maximum absolute atomic E-state index is 12.0. The molecule has 1 aliphatic heterocycles. The highest BCUT2D eigenvalue weighted by Crippen LogP contribution is 2.30. The van der Waals surface area contributed by atoms with Gasteiger partial charge >= 0.3 is 0 Å². The summed E-state index contributed by atoms with van der Waals surface area (Å²) in [4.78, 5) is 13.3. The molecule has 1 heterocycles. The normalized spacial score (nSPS) is 12.7. The van der Waals surface area contributed by atoms with E-state index in [1.165, 1.54) is 10.5 Å². The van der Waals surface area contributed by atoms with Crippen LogP contribution in [-0.4, -0.2) is 31.4 Å². The maximum Gasteiger partial charge on any atom is 0.224 e. The van der Waals surface area contributed by atoms with Crippen molar-refractivity contribution in [2.45, 2.75) is 18.2 Å². The van der Waals surface area contributed by atoms with Crippen LogP contribution < -0.4 is 14.8 Å². The van der Waals surface area contributed by atoms with Crippen LogP contribution in [0.4, 0.5) is 0 Å². The van der Waals surface area contributed by atoms with E-state index in [2.05, 4.69) is 36.5 Å². The largest absolute Gasteiger partial charge is 0.486 e. The number of hydrogen-bond acceptors (Lipinski definition) is 4. The second-order valence-corrected chi connectivity index (χ2v) is 6.83. The number of carbonyl (C=O) groups is 1. The van der Waals surface area contributed by atoms with Crippen molar-refractivity contribution in [1.29, 1.82) is 0 Å². The maximum atomic E-state index is 12.0. The molecule has 3 rings (SSSR count). The van der Waals surface area contributed by atoms with Crippen molar-refractivity contribution in [2.24, 2.45) is 0 Å². The summed E-state index contributed by atoms with van der Waals surface area (Å²) in [5.74, 6) is 2.35. The fourth-order valence-corrected chi connectivity index (χ4v) is 3.21. The fraction of sp³-hybridized carbons (Fsp3) is 0.316. The van der Waals surface area contributed by atoms with Gasteiger partial charge in [0.1, 0.15) is 13.2 Å². The van der Waals surface area contributed by atoms with Crippen LogP contribution in [-0.2, 0) is 11.2 Å². The van der Waals surface area contributed by atoms with Gasteiger partial charge in [-0.25, -0.2) is 0 Å². The van der Waals surface area contributed by atoms with Gasteiger partial charge in [0.25, 0.3) is 0 Å². The second kappa shape index (κ2) is 8.11. The molecule has 0 radical (unpaired) electrons. The smallest absolute Gasteiger partial charge is 0.224 e. The summed E-state index contributed by atoms with van der Waals surface area (Å²) in [6, 6.07) is 14.1. The molecule has 2 aromatic rings. The summed E-state index contributed by atoms with van der Waals surface area (Å²) in [6.07, 6.45) is 0.353. The van der Waals surface area contributed by atoms with E-state index in [-0.39, 0.29) is 5.91 Å². The van der Waals surface area contributed by atoms with E-state index in [1.807, 2.05) is 18.2 Å². The predicted molar refractivity (Wildman–Crippen MR) is 96.0 cm³/mol. The zero-order chi connectivity index (χ0) is 16.8. The van der Waals surface area contributed by atoms with Gasteiger partial charge in [0.2, 0.25) is 5.91 Å². The molecular weight excluding hydrogens is 322 g/mol. The molecule has 0 unspecified atom stereocenters. The van der Waals surface area contributed by atoms with Crippen molar-refractivity contribution < 1.29 is 14.3 Å². The second-order valence-electron chi connectivity index (χ2n) is 5.67. The molecule has 5 heteroatoms. The number of rotatable bonds is 6. The molecule has 126 valence electrons. The molecule has 1 N–H and O–H groups in total. The van der Waals surface area contributed by atoms with Crippen LogP contribution in [0.25, 0.3) is 0 Å². The molecule has 0 aromatic heterocycles. The van der Waals surface area contributed by atoms with Crippen molar-refractivity contribution >= 4 is 17.7 Å². The van der Waals surface area contributed by atoms with Crippen LogP contribution in [0.3, 0.4) is 0 Å².